The van der Waals surface area contributed by atoms with Gasteiger partial charge in [0.1, 0.15) is 0 Å². The van der Waals surface area contributed by atoms with Crippen molar-refractivity contribution in [2.75, 3.05) is 5.73 Å². The zero-order valence-electron chi connectivity index (χ0n) is 15.2. The van der Waals surface area contributed by atoms with Gasteiger partial charge in [0.05, 0.1) is 15.6 Å². The van der Waals surface area contributed by atoms with Crippen molar-refractivity contribution in [2.45, 2.75) is 27.2 Å². The Morgan fingerprint density at radius 3 is 2.27 bits per heavy atom. The van der Waals surface area contributed by atoms with Gasteiger partial charge in [0.15, 0.2) is 5.78 Å². The molecule has 2 N–H and O–H groups in total. The van der Waals surface area contributed by atoms with Crippen molar-refractivity contribution in [1.82, 2.24) is 0 Å². The Balaban J connectivity index is 2.20. The highest BCUT2D eigenvalue weighted by Crippen LogP contribution is 2.42. The second-order valence-electron chi connectivity index (χ2n) is 7.56. The van der Waals surface area contributed by atoms with Gasteiger partial charge in [-0.05, 0) is 35.1 Å². The number of nitrogens with two attached hydrogens (primary N) is 1. The van der Waals surface area contributed by atoms with Gasteiger partial charge in [-0.3, -0.25) is 4.79 Å². The standard InChI is InChI=1S/C22H22ClNOS/c1-22(2,3)13-16-18(19(25)15-11-7-8-12-17(15)23)21(24)26-20(16)14-9-5-4-6-10-14/h4-12H,13,24H2,1-3H3. The molecule has 0 amide bonds. The summed E-state index contributed by atoms with van der Waals surface area (Å²) in [5, 5.41) is 0.999. The minimum atomic E-state index is -0.106. The van der Waals surface area contributed by atoms with Crippen LogP contribution in [-0.4, -0.2) is 5.78 Å². The number of thiophene rings is 1. The van der Waals surface area contributed by atoms with E-state index in [1.807, 2.05) is 30.3 Å². The molecule has 0 aliphatic heterocycles. The smallest absolute Gasteiger partial charge is 0.197 e. The van der Waals surface area contributed by atoms with E-state index >= 15 is 0 Å². The summed E-state index contributed by atoms with van der Waals surface area (Å²) in [6.07, 6.45) is 0.760. The summed E-state index contributed by atoms with van der Waals surface area (Å²) >= 11 is 7.75. The quantitative estimate of drug-likeness (QED) is 0.524. The highest BCUT2D eigenvalue weighted by Gasteiger charge is 2.27. The molecule has 0 spiro atoms. The molecule has 4 heteroatoms. The maximum absolute atomic E-state index is 13.3. The van der Waals surface area contributed by atoms with Gasteiger partial charge in [-0.1, -0.05) is 74.8 Å². The van der Waals surface area contributed by atoms with Gasteiger partial charge in [0.2, 0.25) is 0 Å². The van der Waals surface area contributed by atoms with Crippen LogP contribution >= 0.6 is 22.9 Å². The fourth-order valence-corrected chi connectivity index (χ4v) is 4.35. The first-order valence-corrected chi connectivity index (χ1v) is 9.73. The molecule has 0 bridgehead atoms. The minimum absolute atomic E-state index is 0.0204. The number of carbonyl (C=O) groups excluding carboxylic acids is 1. The highest BCUT2D eigenvalue weighted by molar-refractivity contribution is 7.20. The average Bonchev–Trinajstić information content (AvgIpc) is 2.90. The lowest BCUT2D eigenvalue weighted by atomic mass is 9.84. The van der Waals surface area contributed by atoms with Crippen LogP contribution in [0, 0.1) is 5.41 Å². The first kappa shape index (κ1) is 18.7. The third-order valence-electron chi connectivity index (χ3n) is 4.12. The monoisotopic (exact) mass is 383 g/mol. The number of hydrogen-bond acceptors (Lipinski definition) is 3. The fraction of sp³-hybridized carbons (Fsp3) is 0.227. The predicted molar refractivity (Wildman–Crippen MR) is 112 cm³/mol. The number of anilines is 1. The summed E-state index contributed by atoms with van der Waals surface area (Å²) in [5.74, 6) is -0.106. The summed E-state index contributed by atoms with van der Waals surface area (Å²) in [7, 11) is 0. The van der Waals surface area contributed by atoms with E-state index < -0.39 is 0 Å². The van der Waals surface area contributed by atoms with E-state index in [0.717, 1.165) is 22.4 Å². The molecule has 0 saturated heterocycles. The summed E-state index contributed by atoms with van der Waals surface area (Å²) in [4.78, 5) is 14.3. The molecule has 0 radical (unpaired) electrons. The molecule has 0 atom stereocenters. The summed E-state index contributed by atoms with van der Waals surface area (Å²) in [6.45, 7) is 6.50. The van der Waals surface area contributed by atoms with E-state index in [4.69, 9.17) is 17.3 Å². The van der Waals surface area contributed by atoms with Gasteiger partial charge < -0.3 is 5.73 Å². The van der Waals surface area contributed by atoms with Crippen molar-refractivity contribution in [1.29, 1.82) is 0 Å². The molecule has 3 aromatic rings. The summed E-state index contributed by atoms with van der Waals surface area (Å²) in [5.41, 5.74) is 9.55. The van der Waals surface area contributed by atoms with E-state index in [0.29, 0.717) is 21.2 Å². The first-order chi connectivity index (χ1) is 12.3. The lowest BCUT2D eigenvalue weighted by molar-refractivity contribution is 0.103. The molecule has 1 aromatic heterocycles. The molecule has 0 aliphatic carbocycles. The Labute approximate surface area is 163 Å². The van der Waals surface area contributed by atoms with Crippen molar-refractivity contribution in [3.63, 3.8) is 0 Å². The van der Waals surface area contributed by atoms with Crippen molar-refractivity contribution < 1.29 is 4.79 Å². The van der Waals surface area contributed by atoms with Crippen LogP contribution in [0.1, 0.15) is 42.3 Å². The molecule has 3 rings (SSSR count). The third kappa shape index (κ3) is 3.84. The molecule has 134 valence electrons. The van der Waals surface area contributed by atoms with E-state index in [9.17, 15) is 4.79 Å². The van der Waals surface area contributed by atoms with Crippen molar-refractivity contribution >= 4 is 33.7 Å². The van der Waals surface area contributed by atoms with Gasteiger partial charge in [0.25, 0.3) is 0 Å². The van der Waals surface area contributed by atoms with Gasteiger partial charge in [-0.2, -0.15) is 0 Å². The molecule has 0 unspecified atom stereocenters. The second kappa shape index (κ2) is 7.26. The van der Waals surface area contributed by atoms with Gasteiger partial charge in [-0.15, -0.1) is 11.3 Å². The normalized spacial score (nSPS) is 11.5. The van der Waals surface area contributed by atoms with Crippen LogP contribution in [0.25, 0.3) is 10.4 Å². The third-order valence-corrected chi connectivity index (χ3v) is 5.56. The van der Waals surface area contributed by atoms with Crippen molar-refractivity contribution in [2.24, 2.45) is 5.41 Å². The number of halogens is 1. The predicted octanol–water partition coefficient (Wildman–Crippen LogP) is 6.47. The van der Waals surface area contributed by atoms with E-state index in [2.05, 4.69) is 32.9 Å². The van der Waals surface area contributed by atoms with Crippen LogP contribution in [0.4, 0.5) is 5.00 Å². The fourth-order valence-electron chi connectivity index (χ4n) is 3.04. The number of rotatable bonds is 4. The SMILES string of the molecule is CC(C)(C)Cc1c(-c2ccccc2)sc(N)c1C(=O)c1ccccc1Cl. The Kier molecular flexibility index (Phi) is 5.22. The molecular weight excluding hydrogens is 362 g/mol. The van der Waals surface area contributed by atoms with Crippen LogP contribution < -0.4 is 5.73 Å². The Morgan fingerprint density at radius 2 is 1.65 bits per heavy atom. The molecule has 0 saturated carbocycles. The molecule has 2 aromatic carbocycles. The number of ketones is 1. The van der Waals surface area contributed by atoms with Crippen LogP contribution in [0.3, 0.4) is 0 Å². The van der Waals surface area contributed by atoms with E-state index in [1.54, 1.807) is 12.1 Å². The number of benzene rings is 2. The van der Waals surface area contributed by atoms with Gasteiger partial charge in [-0.25, -0.2) is 0 Å². The van der Waals surface area contributed by atoms with E-state index in [-0.39, 0.29) is 11.2 Å². The minimum Gasteiger partial charge on any atom is -0.390 e. The first-order valence-electron chi connectivity index (χ1n) is 8.54. The highest BCUT2D eigenvalue weighted by atomic mass is 35.5. The lowest BCUT2D eigenvalue weighted by Crippen LogP contribution is -2.14. The van der Waals surface area contributed by atoms with Crippen molar-refractivity contribution in [3.05, 3.63) is 76.3 Å². The molecular formula is C22H22ClNOS. The maximum Gasteiger partial charge on any atom is 0.197 e. The topological polar surface area (TPSA) is 43.1 Å². The Morgan fingerprint density at radius 1 is 1.04 bits per heavy atom. The van der Waals surface area contributed by atoms with Crippen molar-refractivity contribution in [3.8, 4) is 10.4 Å². The lowest BCUT2D eigenvalue weighted by Gasteiger charge is -2.20. The van der Waals surface area contributed by atoms with Crippen LogP contribution in [-0.2, 0) is 6.42 Å². The molecule has 1 heterocycles. The zero-order valence-corrected chi connectivity index (χ0v) is 16.7. The van der Waals surface area contributed by atoms with Crippen LogP contribution in [0.2, 0.25) is 5.02 Å². The van der Waals surface area contributed by atoms with Crippen LogP contribution in [0.5, 0.6) is 0 Å². The second-order valence-corrected chi connectivity index (χ2v) is 9.02. The average molecular weight is 384 g/mol. The zero-order chi connectivity index (χ0) is 18.9. The Bertz CT molecular complexity index is 939. The van der Waals surface area contributed by atoms with Gasteiger partial charge in [0, 0.05) is 10.4 Å². The van der Waals surface area contributed by atoms with Crippen LogP contribution in [0.15, 0.2) is 54.6 Å². The Hall–Kier alpha value is -2.10. The van der Waals surface area contributed by atoms with E-state index in [1.165, 1.54) is 11.3 Å². The molecule has 2 nitrogen and oxygen atoms in total. The largest absolute Gasteiger partial charge is 0.390 e. The summed E-state index contributed by atoms with van der Waals surface area (Å²) in [6, 6.07) is 17.2. The molecule has 0 fully saturated rings. The molecule has 0 aliphatic rings. The number of nitrogen functional groups attached to an aromatic ring is 1. The summed E-state index contributed by atoms with van der Waals surface area (Å²) < 4.78 is 0. The van der Waals surface area contributed by atoms with Gasteiger partial charge >= 0.3 is 0 Å². The molecule has 26 heavy (non-hydrogen) atoms. The maximum atomic E-state index is 13.3. The number of carbonyl (C=O) groups is 1. The number of hydrogen-bond donors (Lipinski definition) is 1.